The van der Waals surface area contributed by atoms with E-state index in [0.717, 1.165) is 11.8 Å². The second kappa shape index (κ2) is 9.21. The van der Waals surface area contributed by atoms with Crippen LogP contribution in [0.2, 0.25) is 0 Å². The largest absolute Gasteiger partial charge is 0.306 e. The molecule has 0 saturated carbocycles. The molecule has 0 radical (unpaired) electrons. The molecule has 0 aliphatic rings. The molecule has 0 aliphatic heterocycles. The maximum Gasteiger partial charge on any atom is 0.000133 e. The normalized spacial score (nSPS) is 13.8. The van der Waals surface area contributed by atoms with Crippen molar-refractivity contribution in [3.8, 4) is 0 Å². The van der Waals surface area contributed by atoms with E-state index in [0.29, 0.717) is 0 Å². The van der Waals surface area contributed by atoms with E-state index in [1.807, 2.05) is 0 Å². The monoisotopic (exact) mass is 213 g/mol. The molecule has 1 heteroatoms. The van der Waals surface area contributed by atoms with Crippen molar-refractivity contribution in [3.63, 3.8) is 0 Å². The molecule has 1 unspecified atom stereocenters. The minimum Gasteiger partial charge on any atom is -0.306 e. The number of nitrogens with zero attached hydrogens (tertiary/aromatic N) is 1. The summed E-state index contributed by atoms with van der Waals surface area (Å²) in [5.41, 5.74) is 0. The van der Waals surface area contributed by atoms with E-state index in [4.69, 9.17) is 0 Å². The highest BCUT2D eigenvalue weighted by atomic mass is 15.1. The summed E-state index contributed by atoms with van der Waals surface area (Å²) >= 11 is 0. The molecule has 0 aromatic heterocycles. The van der Waals surface area contributed by atoms with Crippen molar-refractivity contribution >= 4 is 0 Å². The molecule has 92 valence electrons. The summed E-state index contributed by atoms with van der Waals surface area (Å²) in [7, 11) is 2.24. The second-order valence-corrected chi connectivity index (χ2v) is 5.52. The Morgan fingerprint density at radius 1 is 1.00 bits per heavy atom. The van der Waals surface area contributed by atoms with Gasteiger partial charge in [0.25, 0.3) is 0 Å². The second-order valence-electron chi connectivity index (χ2n) is 5.52. The molecule has 1 nitrogen and oxygen atoms in total. The lowest BCUT2D eigenvalue weighted by Crippen LogP contribution is -2.24. The lowest BCUT2D eigenvalue weighted by Gasteiger charge is -2.18. The van der Waals surface area contributed by atoms with Crippen molar-refractivity contribution in [2.24, 2.45) is 11.8 Å². The summed E-state index contributed by atoms with van der Waals surface area (Å²) in [5.74, 6) is 1.73. The Bertz CT molecular complexity index is 131. The van der Waals surface area contributed by atoms with Crippen LogP contribution in [0.3, 0.4) is 0 Å². The summed E-state index contributed by atoms with van der Waals surface area (Å²) in [5, 5.41) is 0. The van der Waals surface area contributed by atoms with Crippen molar-refractivity contribution in [2.45, 2.75) is 59.8 Å². The van der Waals surface area contributed by atoms with E-state index in [1.165, 1.54) is 45.2 Å². The van der Waals surface area contributed by atoms with Crippen LogP contribution < -0.4 is 0 Å². The topological polar surface area (TPSA) is 3.24 Å². The Morgan fingerprint density at radius 3 is 2.20 bits per heavy atom. The van der Waals surface area contributed by atoms with Crippen LogP contribution in [0.4, 0.5) is 0 Å². The van der Waals surface area contributed by atoms with E-state index in [1.54, 1.807) is 0 Å². The summed E-state index contributed by atoms with van der Waals surface area (Å²) in [6.45, 7) is 11.8. The van der Waals surface area contributed by atoms with Crippen molar-refractivity contribution in [1.82, 2.24) is 4.90 Å². The Kier molecular flexibility index (Phi) is 9.18. The zero-order valence-corrected chi connectivity index (χ0v) is 11.6. The van der Waals surface area contributed by atoms with Crippen LogP contribution in [0.25, 0.3) is 0 Å². The van der Waals surface area contributed by atoms with Crippen LogP contribution in [-0.2, 0) is 0 Å². The zero-order chi connectivity index (χ0) is 11.7. The van der Waals surface area contributed by atoms with Crippen molar-refractivity contribution < 1.29 is 0 Å². The Hall–Kier alpha value is -0.0400. The van der Waals surface area contributed by atoms with Crippen LogP contribution in [0.15, 0.2) is 0 Å². The Labute approximate surface area is 97.2 Å². The molecule has 0 aliphatic carbocycles. The lowest BCUT2D eigenvalue weighted by molar-refractivity contribution is 0.287. The highest BCUT2D eigenvalue weighted by Crippen LogP contribution is 2.12. The van der Waals surface area contributed by atoms with Crippen LogP contribution >= 0.6 is 0 Å². The van der Waals surface area contributed by atoms with Crippen LogP contribution in [0.1, 0.15) is 59.8 Å². The van der Waals surface area contributed by atoms with Gasteiger partial charge in [-0.05, 0) is 31.8 Å². The Balaban J connectivity index is 3.23. The van der Waals surface area contributed by atoms with Gasteiger partial charge in [0.15, 0.2) is 0 Å². The molecule has 0 aromatic carbocycles. The first kappa shape index (κ1) is 15.0. The first-order valence-corrected chi connectivity index (χ1v) is 6.74. The minimum atomic E-state index is 0.801. The third-order valence-corrected chi connectivity index (χ3v) is 3.11. The SMILES string of the molecule is CCC(C)CCCCCN(C)CC(C)C. The number of unbranched alkanes of at least 4 members (excludes halogenated alkanes) is 2. The van der Waals surface area contributed by atoms with E-state index in [2.05, 4.69) is 39.6 Å². The zero-order valence-electron chi connectivity index (χ0n) is 11.6. The maximum absolute atomic E-state index is 2.47. The first-order chi connectivity index (χ1) is 7.06. The van der Waals surface area contributed by atoms with Crippen molar-refractivity contribution in [2.75, 3.05) is 20.1 Å². The standard InChI is InChI=1S/C14H31N/c1-6-14(4)10-8-7-9-11-15(5)12-13(2)3/h13-14H,6-12H2,1-5H3. The predicted molar refractivity (Wildman–Crippen MR) is 70.3 cm³/mol. The van der Waals surface area contributed by atoms with Crippen molar-refractivity contribution in [1.29, 1.82) is 0 Å². The molecule has 0 aromatic rings. The third-order valence-electron chi connectivity index (χ3n) is 3.11. The first-order valence-electron chi connectivity index (χ1n) is 6.74. The molecule has 0 amide bonds. The van der Waals surface area contributed by atoms with Gasteiger partial charge >= 0.3 is 0 Å². The van der Waals surface area contributed by atoms with Gasteiger partial charge in [-0.15, -0.1) is 0 Å². The molecule has 0 spiro atoms. The molecule has 0 bridgehead atoms. The quantitative estimate of drug-likeness (QED) is 0.519. The molecule has 0 N–H and O–H groups in total. The van der Waals surface area contributed by atoms with E-state index in [-0.39, 0.29) is 0 Å². The smallest absolute Gasteiger partial charge is 0.000133 e. The van der Waals surface area contributed by atoms with E-state index >= 15 is 0 Å². The van der Waals surface area contributed by atoms with Gasteiger partial charge < -0.3 is 4.90 Å². The van der Waals surface area contributed by atoms with E-state index in [9.17, 15) is 0 Å². The highest BCUT2D eigenvalue weighted by molar-refractivity contribution is 4.56. The van der Waals surface area contributed by atoms with Gasteiger partial charge in [-0.1, -0.05) is 53.4 Å². The molecule has 0 saturated heterocycles. The Morgan fingerprint density at radius 2 is 1.67 bits per heavy atom. The molecule has 0 rings (SSSR count). The summed E-state index contributed by atoms with van der Waals surface area (Å²) in [6, 6.07) is 0. The molecule has 0 fully saturated rings. The van der Waals surface area contributed by atoms with E-state index < -0.39 is 0 Å². The van der Waals surface area contributed by atoms with Crippen LogP contribution in [-0.4, -0.2) is 25.0 Å². The highest BCUT2D eigenvalue weighted by Gasteiger charge is 2.02. The molecule has 1 atom stereocenters. The average molecular weight is 213 g/mol. The number of hydrogen-bond donors (Lipinski definition) is 0. The predicted octanol–water partition coefficient (Wildman–Crippen LogP) is 4.18. The fraction of sp³-hybridized carbons (Fsp3) is 1.00. The van der Waals surface area contributed by atoms with Crippen LogP contribution in [0, 0.1) is 11.8 Å². The summed E-state index contributed by atoms with van der Waals surface area (Å²) in [6.07, 6.45) is 6.97. The van der Waals surface area contributed by atoms with Gasteiger partial charge in [-0.25, -0.2) is 0 Å². The van der Waals surface area contributed by atoms with Gasteiger partial charge in [-0.3, -0.25) is 0 Å². The van der Waals surface area contributed by atoms with Crippen LogP contribution in [0.5, 0.6) is 0 Å². The van der Waals surface area contributed by atoms with Gasteiger partial charge in [0.1, 0.15) is 0 Å². The minimum absolute atomic E-state index is 0.801. The summed E-state index contributed by atoms with van der Waals surface area (Å²) < 4.78 is 0. The van der Waals surface area contributed by atoms with Gasteiger partial charge in [0.05, 0.1) is 0 Å². The maximum atomic E-state index is 2.47. The molecular weight excluding hydrogens is 182 g/mol. The number of hydrogen-bond acceptors (Lipinski definition) is 1. The summed E-state index contributed by atoms with van der Waals surface area (Å²) in [4.78, 5) is 2.47. The fourth-order valence-corrected chi connectivity index (χ4v) is 1.97. The third kappa shape index (κ3) is 10.2. The molecule has 15 heavy (non-hydrogen) atoms. The van der Waals surface area contributed by atoms with Gasteiger partial charge in [0, 0.05) is 6.54 Å². The average Bonchev–Trinajstić information content (AvgIpc) is 2.15. The number of rotatable bonds is 9. The van der Waals surface area contributed by atoms with Crippen molar-refractivity contribution in [3.05, 3.63) is 0 Å². The molecule has 0 heterocycles. The van der Waals surface area contributed by atoms with Gasteiger partial charge in [-0.2, -0.15) is 0 Å². The lowest BCUT2D eigenvalue weighted by atomic mass is 10.0. The fourth-order valence-electron chi connectivity index (χ4n) is 1.97. The van der Waals surface area contributed by atoms with Gasteiger partial charge in [0.2, 0.25) is 0 Å². The molecular formula is C14H31N.